The van der Waals surface area contributed by atoms with E-state index >= 15 is 0 Å². The molecule has 2 aliphatic heterocycles. The first-order valence-corrected chi connectivity index (χ1v) is 10.4. The molecule has 2 aromatic rings. The number of piperazine rings is 1. The summed E-state index contributed by atoms with van der Waals surface area (Å²) in [5.74, 6) is 0.570. The van der Waals surface area contributed by atoms with E-state index in [0.717, 1.165) is 18.8 Å². The lowest BCUT2D eigenvalue weighted by atomic mass is 10.1. The summed E-state index contributed by atoms with van der Waals surface area (Å²) in [6.45, 7) is 3.17. The molecular formula is C18H18Cl2N4O2S. The van der Waals surface area contributed by atoms with Crippen LogP contribution in [0.2, 0.25) is 10.0 Å². The van der Waals surface area contributed by atoms with Crippen molar-refractivity contribution in [1.82, 2.24) is 14.5 Å². The van der Waals surface area contributed by atoms with Crippen LogP contribution in [0.25, 0.3) is 0 Å². The molecule has 0 saturated carbocycles. The molecule has 1 aromatic carbocycles. The molecule has 0 bridgehead atoms. The zero-order valence-corrected chi connectivity index (χ0v) is 16.8. The summed E-state index contributed by atoms with van der Waals surface area (Å²) in [4.78, 5) is 33.3. The van der Waals surface area contributed by atoms with Crippen LogP contribution in [0.3, 0.4) is 0 Å². The van der Waals surface area contributed by atoms with Gasteiger partial charge in [-0.15, -0.1) is 0 Å². The van der Waals surface area contributed by atoms with Crippen LogP contribution in [0.5, 0.6) is 0 Å². The van der Waals surface area contributed by atoms with Crippen molar-refractivity contribution in [2.45, 2.75) is 11.7 Å². The van der Waals surface area contributed by atoms with E-state index in [1.807, 2.05) is 17.0 Å². The van der Waals surface area contributed by atoms with Crippen LogP contribution in [0.15, 0.2) is 40.4 Å². The van der Waals surface area contributed by atoms with Crippen molar-refractivity contribution >= 4 is 46.6 Å². The van der Waals surface area contributed by atoms with Gasteiger partial charge in [-0.25, -0.2) is 4.98 Å². The van der Waals surface area contributed by atoms with Gasteiger partial charge in [-0.05, 0) is 18.2 Å². The largest absolute Gasteiger partial charge is 0.368 e. The molecule has 0 spiro atoms. The number of nitrogens with zero attached hydrogens (tertiary/aromatic N) is 4. The summed E-state index contributed by atoms with van der Waals surface area (Å²) in [7, 11) is 0. The third-order valence-corrected chi connectivity index (χ3v) is 6.82. The number of hydrogen-bond acceptors (Lipinski definition) is 5. The average molecular weight is 425 g/mol. The number of aromatic nitrogens is 2. The van der Waals surface area contributed by atoms with Crippen LogP contribution in [0.1, 0.15) is 0 Å². The smallest absolute Gasteiger partial charge is 0.254 e. The molecule has 3 heterocycles. The number of anilines is 1. The highest BCUT2D eigenvalue weighted by molar-refractivity contribution is 7.99. The maximum absolute atomic E-state index is 12.9. The van der Waals surface area contributed by atoms with Crippen molar-refractivity contribution in [1.29, 1.82) is 0 Å². The third-order valence-electron chi connectivity index (χ3n) is 4.92. The highest BCUT2D eigenvalue weighted by Crippen LogP contribution is 2.29. The second-order valence-electron chi connectivity index (χ2n) is 6.59. The van der Waals surface area contributed by atoms with E-state index < -0.39 is 0 Å². The second-order valence-corrected chi connectivity index (χ2v) is 8.40. The lowest BCUT2D eigenvalue weighted by Crippen LogP contribution is -2.52. The van der Waals surface area contributed by atoms with E-state index in [9.17, 15) is 9.59 Å². The number of rotatable bonds is 2. The Labute approximate surface area is 171 Å². The Morgan fingerprint density at radius 2 is 1.89 bits per heavy atom. The summed E-state index contributed by atoms with van der Waals surface area (Å²) in [5.41, 5.74) is 0.908. The van der Waals surface area contributed by atoms with Crippen molar-refractivity contribution in [3.05, 3.63) is 50.9 Å². The first-order chi connectivity index (χ1) is 13.0. The minimum atomic E-state index is -0.194. The number of carbonyl (C=O) groups excluding carboxylic acids is 1. The first-order valence-electron chi connectivity index (χ1n) is 8.70. The van der Waals surface area contributed by atoms with E-state index in [4.69, 9.17) is 23.2 Å². The quantitative estimate of drug-likeness (QED) is 0.693. The molecule has 142 valence electrons. The zero-order chi connectivity index (χ0) is 19.0. The monoisotopic (exact) mass is 424 g/mol. The SMILES string of the molecule is O=C(C1CSc2nccc(=O)n2C1)N1CCN(c2ccc(Cl)c(Cl)c2)CC1. The van der Waals surface area contributed by atoms with E-state index in [1.165, 1.54) is 24.0 Å². The summed E-state index contributed by atoms with van der Waals surface area (Å²) < 4.78 is 1.60. The van der Waals surface area contributed by atoms with Gasteiger partial charge in [0.2, 0.25) is 5.91 Å². The molecule has 1 fully saturated rings. The Morgan fingerprint density at radius 1 is 1.11 bits per heavy atom. The summed E-state index contributed by atoms with van der Waals surface area (Å²) in [5, 5.41) is 1.76. The van der Waals surface area contributed by atoms with Crippen LogP contribution in [-0.4, -0.2) is 52.3 Å². The number of hydrogen-bond donors (Lipinski definition) is 0. The summed E-state index contributed by atoms with van der Waals surface area (Å²) >= 11 is 13.6. The molecule has 1 amide bonds. The topological polar surface area (TPSA) is 58.4 Å². The minimum absolute atomic E-state index is 0.102. The average Bonchev–Trinajstić information content (AvgIpc) is 2.70. The van der Waals surface area contributed by atoms with Gasteiger partial charge in [0.15, 0.2) is 5.16 Å². The molecule has 6 nitrogen and oxygen atoms in total. The maximum atomic E-state index is 12.9. The molecule has 1 atom stereocenters. The number of amides is 1. The van der Waals surface area contributed by atoms with Gasteiger partial charge in [0.05, 0.1) is 16.0 Å². The normalized spacial score (nSPS) is 19.7. The van der Waals surface area contributed by atoms with Crippen LogP contribution in [0.4, 0.5) is 5.69 Å². The molecule has 1 unspecified atom stereocenters. The van der Waals surface area contributed by atoms with Crippen molar-refractivity contribution in [2.75, 3.05) is 36.8 Å². The van der Waals surface area contributed by atoms with Crippen molar-refractivity contribution in [3.8, 4) is 0 Å². The molecule has 9 heteroatoms. The van der Waals surface area contributed by atoms with Gasteiger partial charge in [0.1, 0.15) is 0 Å². The molecule has 1 aromatic heterocycles. The molecule has 0 radical (unpaired) electrons. The van der Waals surface area contributed by atoms with E-state index in [0.29, 0.717) is 40.6 Å². The van der Waals surface area contributed by atoms with Crippen LogP contribution in [-0.2, 0) is 11.3 Å². The minimum Gasteiger partial charge on any atom is -0.368 e. The molecular weight excluding hydrogens is 407 g/mol. The van der Waals surface area contributed by atoms with Gasteiger partial charge in [0.25, 0.3) is 5.56 Å². The standard InChI is InChI=1S/C18H18Cl2N4O2S/c19-14-2-1-13(9-15(14)20)22-5-7-23(8-6-22)17(26)12-10-24-16(25)3-4-21-18(24)27-11-12/h1-4,9,12H,5-8,10-11H2. The number of thioether (sulfide) groups is 1. The zero-order valence-electron chi connectivity index (χ0n) is 14.5. The van der Waals surface area contributed by atoms with Gasteiger partial charge in [-0.1, -0.05) is 35.0 Å². The molecule has 27 heavy (non-hydrogen) atoms. The summed E-state index contributed by atoms with van der Waals surface area (Å²) in [6.07, 6.45) is 1.52. The molecule has 1 saturated heterocycles. The fourth-order valence-corrected chi connectivity index (χ4v) is 4.77. The number of halogens is 2. The predicted octanol–water partition coefficient (Wildman–Crippen LogP) is 2.62. The van der Waals surface area contributed by atoms with E-state index in [1.54, 1.807) is 10.6 Å². The van der Waals surface area contributed by atoms with Crippen LogP contribution < -0.4 is 10.5 Å². The number of carbonyl (C=O) groups is 1. The van der Waals surface area contributed by atoms with Gasteiger partial charge in [0, 0.05) is 56.4 Å². The van der Waals surface area contributed by atoms with Crippen molar-refractivity contribution < 1.29 is 4.79 Å². The number of benzene rings is 1. The highest BCUT2D eigenvalue weighted by Gasteiger charge is 2.31. The van der Waals surface area contributed by atoms with Crippen molar-refractivity contribution in [3.63, 3.8) is 0 Å². The second kappa shape index (κ2) is 7.73. The lowest BCUT2D eigenvalue weighted by Gasteiger charge is -2.38. The van der Waals surface area contributed by atoms with Crippen molar-refractivity contribution in [2.24, 2.45) is 5.92 Å². The highest BCUT2D eigenvalue weighted by atomic mass is 35.5. The van der Waals surface area contributed by atoms with Crippen LogP contribution in [0, 0.1) is 5.92 Å². The fraction of sp³-hybridized carbons (Fsp3) is 0.389. The Hall–Kier alpha value is -1.70. The first kappa shape index (κ1) is 18.7. The Balaban J connectivity index is 1.40. The molecule has 0 N–H and O–H groups in total. The Bertz CT molecular complexity index is 928. The van der Waals surface area contributed by atoms with Gasteiger partial charge in [-0.2, -0.15) is 0 Å². The van der Waals surface area contributed by atoms with Crippen LogP contribution >= 0.6 is 35.0 Å². The Morgan fingerprint density at radius 3 is 2.63 bits per heavy atom. The lowest BCUT2D eigenvalue weighted by molar-refractivity contribution is -0.135. The molecule has 4 rings (SSSR count). The third kappa shape index (κ3) is 3.81. The predicted molar refractivity (Wildman–Crippen MR) is 108 cm³/mol. The van der Waals surface area contributed by atoms with Gasteiger partial charge in [-0.3, -0.25) is 14.2 Å². The van der Waals surface area contributed by atoms with E-state index in [2.05, 4.69) is 9.88 Å². The van der Waals surface area contributed by atoms with Gasteiger partial charge >= 0.3 is 0 Å². The fourth-order valence-electron chi connectivity index (χ4n) is 3.42. The molecule has 0 aliphatic carbocycles. The number of fused-ring (bicyclic) bond motifs is 1. The molecule has 2 aliphatic rings. The van der Waals surface area contributed by atoms with Gasteiger partial charge < -0.3 is 9.80 Å². The Kier molecular flexibility index (Phi) is 5.34. The summed E-state index contributed by atoms with van der Waals surface area (Å²) in [6, 6.07) is 7.03. The van der Waals surface area contributed by atoms with E-state index in [-0.39, 0.29) is 17.4 Å². The maximum Gasteiger partial charge on any atom is 0.254 e.